The quantitative estimate of drug-likeness (QED) is 0.506. The number of carbonyl (C=O) groups is 1. The van der Waals surface area contributed by atoms with E-state index in [1.807, 2.05) is 20.8 Å². The van der Waals surface area contributed by atoms with Crippen molar-refractivity contribution in [1.82, 2.24) is 14.9 Å². The number of ether oxygens (including phenoxy) is 1. The Balaban J connectivity index is 0.000000553. The van der Waals surface area contributed by atoms with E-state index >= 15 is 0 Å². The standard InChI is InChI=1S/C17H19F3N2O.C5H11NO/c1-4-6-11(2)16-21-12(3)9-15(22-16)13-7-5-8-14(10-13)23-17(18,19)20;1-3-4-6(2)5-7/h5,7-11H,4,6H2,1-3H3;5H,3-4H2,1-2H3. The maximum atomic E-state index is 12.3. The second kappa shape index (κ2) is 12.1. The van der Waals surface area contributed by atoms with Crippen LogP contribution < -0.4 is 4.74 Å². The van der Waals surface area contributed by atoms with Crippen molar-refractivity contribution >= 4 is 6.41 Å². The minimum absolute atomic E-state index is 0.202. The third-order valence-electron chi connectivity index (χ3n) is 4.15. The van der Waals surface area contributed by atoms with Crippen molar-refractivity contribution in [2.45, 2.75) is 59.2 Å². The van der Waals surface area contributed by atoms with E-state index in [0.717, 1.165) is 37.9 Å². The molecule has 1 aromatic carbocycles. The molecule has 1 amide bonds. The van der Waals surface area contributed by atoms with Gasteiger partial charge in [0.2, 0.25) is 6.41 Å². The first-order chi connectivity index (χ1) is 14.1. The highest BCUT2D eigenvalue weighted by Crippen LogP contribution is 2.28. The fourth-order valence-corrected chi connectivity index (χ4v) is 2.78. The van der Waals surface area contributed by atoms with Gasteiger partial charge in [-0.1, -0.05) is 39.3 Å². The Kier molecular flexibility index (Phi) is 10.3. The van der Waals surface area contributed by atoms with Crippen LogP contribution in [0.25, 0.3) is 11.3 Å². The molecule has 0 aliphatic rings. The Morgan fingerprint density at radius 1 is 1.17 bits per heavy atom. The predicted octanol–water partition coefficient (Wildman–Crippen LogP) is 5.74. The highest BCUT2D eigenvalue weighted by molar-refractivity contribution is 5.61. The summed E-state index contributed by atoms with van der Waals surface area (Å²) in [6.45, 7) is 8.89. The summed E-state index contributed by atoms with van der Waals surface area (Å²) in [5.74, 6) is 0.659. The zero-order chi connectivity index (χ0) is 22.7. The molecule has 1 unspecified atom stereocenters. The van der Waals surface area contributed by atoms with Gasteiger partial charge in [-0.05, 0) is 38.0 Å². The first-order valence-corrected chi connectivity index (χ1v) is 9.96. The maximum absolute atomic E-state index is 12.3. The fraction of sp³-hybridized carbons (Fsp3) is 0.500. The Morgan fingerprint density at radius 2 is 1.87 bits per heavy atom. The number of rotatable bonds is 8. The lowest BCUT2D eigenvalue weighted by molar-refractivity contribution is -0.274. The average Bonchev–Trinajstić information content (AvgIpc) is 2.67. The molecule has 30 heavy (non-hydrogen) atoms. The molecule has 0 N–H and O–H groups in total. The largest absolute Gasteiger partial charge is 0.573 e. The zero-order valence-electron chi connectivity index (χ0n) is 18.2. The third kappa shape index (κ3) is 9.24. The van der Waals surface area contributed by atoms with Gasteiger partial charge < -0.3 is 9.64 Å². The molecule has 0 aliphatic carbocycles. The Bertz CT molecular complexity index is 797. The van der Waals surface area contributed by atoms with Crippen LogP contribution in [-0.2, 0) is 4.79 Å². The summed E-state index contributed by atoms with van der Waals surface area (Å²) in [5.41, 5.74) is 1.96. The molecule has 8 heteroatoms. The monoisotopic (exact) mass is 425 g/mol. The Labute approximate surface area is 176 Å². The van der Waals surface area contributed by atoms with Crippen molar-refractivity contribution in [1.29, 1.82) is 0 Å². The maximum Gasteiger partial charge on any atom is 0.573 e. The molecular weight excluding hydrogens is 395 g/mol. The first kappa shape index (κ1) is 25.4. The fourth-order valence-electron chi connectivity index (χ4n) is 2.78. The highest BCUT2D eigenvalue weighted by atomic mass is 19.4. The van der Waals surface area contributed by atoms with E-state index in [1.165, 1.54) is 18.2 Å². The summed E-state index contributed by atoms with van der Waals surface area (Å²) >= 11 is 0. The molecule has 0 aliphatic heterocycles. The number of amides is 1. The molecule has 1 heterocycles. The van der Waals surface area contributed by atoms with Crippen LogP contribution in [0.15, 0.2) is 30.3 Å². The smallest absolute Gasteiger partial charge is 0.406 e. The molecule has 2 rings (SSSR count). The second-order valence-corrected chi connectivity index (χ2v) is 7.10. The van der Waals surface area contributed by atoms with E-state index in [9.17, 15) is 18.0 Å². The van der Waals surface area contributed by atoms with Crippen molar-refractivity contribution < 1.29 is 22.7 Å². The summed E-state index contributed by atoms with van der Waals surface area (Å²) in [4.78, 5) is 20.4. The number of nitrogens with zero attached hydrogens (tertiary/aromatic N) is 3. The van der Waals surface area contributed by atoms with E-state index in [2.05, 4.69) is 21.6 Å². The van der Waals surface area contributed by atoms with E-state index in [0.29, 0.717) is 17.1 Å². The van der Waals surface area contributed by atoms with Gasteiger partial charge in [-0.25, -0.2) is 9.97 Å². The summed E-state index contributed by atoms with van der Waals surface area (Å²) in [6.07, 6.45) is -0.859. The van der Waals surface area contributed by atoms with Crippen LogP contribution in [0, 0.1) is 6.92 Å². The zero-order valence-corrected chi connectivity index (χ0v) is 18.2. The van der Waals surface area contributed by atoms with Crippen LogP contribution in [0.5, 0.6) is 5.75 Å². The first-order valence-electron chi connectivity index (χ1n) is 9.96. The lowest BCUT2D eigenvalue weighted by Gasteiger charge is -2.13. The molecule has 5 nitrogen and oxygen atoms in total. The molecule has 166 valence electrons. The minimum Gasteiger partial charge on any atom is -0.406 e. The molecule has 0 saturated carbocycles. The number of halogens is 3. The van der Waals surface area contributed by atoms with Gasteiger partial charge in [0.1, 0.15) is 11.6 Å². The Hall–Kier alpha value is -2.64. The molecule has 1 atom stereocenters. The summed E-state index contributed by atoms with van der Waals surface area (Å²) in [7, 11) is 1.77. The summed E-state index contributed by atoms with van der Waals surface area (Å²) in [6, 6.07) is 7.59. The van der Waals surface area contributed by atoms with Crippen molar-refractivity contribution in [3.05, 3.63) is 41.9 Å². The number of aromatic nitrogens is 2. The van der Waals surface area contributed by atoms with Crippen molar-refractivity contribution in [2.24, 2.45) is 0 Å². The van der Waals surface area contributed by atoms with Gasteiger partial charge in [0.05, 0.1) is 5.69 Å². The van der Waals surface area contributed by atoms with Gasteiger partial charge >= 0.3 is 6.36 Å². The molecule has 0 radical (unpaired) electrons. The van der Waals surface area contributed by atoms with Crippen molar-refractivity contribution in [3.8, 4) is 17.0 Å². The normalized spacial score (nSPS) is 11.9. The molecule has 0 saturated heterocycles. The van der Waals surface area contributed by atoms with Gasteiger partial charge in [0, 0.05) is 30.8 Å². The van der Waals surface area contributed by atoms with Crippen LogP contribution in [-0.4, -0.2) is 41.2 Å². The van der Waals surface area contributed by atoms with Gasteiger partial charge in [0.25, 0.3) is 0 Å². The molecule has 2 aromatic rings. The average molecular weight is 425 g/mol. The van der Waals surface area contributed by atoms with Gasteiger partial charge in [-0.15, -0.1) is 13.2 Å². The molecule has 0 spiro atoms. The molecular formula is C22H30F3N3O2. The van der Waals surface area contributed by atoms with Gasteiger partial charge in [0.15, 0.2) is 0 Å². The minimum atomic E-state index is -4.71. The number of carbonyl (C=O) groups excluding carboxylic acids is 1. The molecule has 0 bridgehead atoms. The Morgan fingerprint density at radius 3 is 2.40 bits per heavy atom. The van der Waals surface area contributed by atoms with E-state index < -0.39 is 6.36 Å². The van der Waals surface area contributed by atoms with Crippen LogP contribution >= 0.6 is 0 Å². The number of hydrogen-bond donors (Lipinski definition) is 0. The molecule has 0 fully saturated rings. The van der Waals surface area contributed by atoms with E-state index in [-0.39, 0.29) is 11.7 Å². The molecule has 1 aromatic heterocycles. The highest BCUT2D eigenvalue weighted by Gasteiger charge is 2.31. The van der Waals surface area contributed by atoms with Crippen LogP contribution in [0.4, 0.5) is 13.2 Å². The lowest BCUT2D eigenvalue weighted by Crippen LogP contribution is -2.17. The number of hydrogen-bond acceptors (Lipinski definition) is 4. The van der Waals surface area contributed by atoms with Crippen LogP contribution in [0.3, 0.4) is 0 Å². The van der Waals surface area contributed by atoms with Crippen LogP contribution in [0.1, 0.15) is 57.5 Å². The SMILES string of the molecule is CCCC(C)c1nc(C)cc(-c2cccc(OC(F)(F)F)c2)n1.CCCN(C)C=O. The van der Waals surface area contributed by atoms with E-state index in [1.54, 1.807) is 24.1 Å². The van der Waals surface area contributed by atoms with Gasteiger partial charge in [-0.3, -0.25) is 4.79 Å². The lowest BCUT2D eigenvalue weighted by atomic mass is 10.0. The van der Waals surface area contributed by atoms with Crippen LogP contribution in [0.2, 0.25) is 0 Å². The third-order valence-corrected chi connectivity index (χ3v) is 4.15. The van der Waals surface area contributed by atoms with Gasteiger partial charge in [-0.2, -0.15) is 0 Å². The van der Waals surface area contributed by atoms with Crippen molar-refractivity contribution in [3.63, 3.8) is 0 Å². The second-order valence-electron chi connectivity index (χ2n) is 7.10. The summed E-state index contributed by atoms with van der Waals surface area (Å²) < 4.78 is 41.0. The van der Waals surface area contributed by atoms with E-state index in [4.69, 9.17) is 0 Å². The number of aryl methyl sites for hydroxylation is 1. The number of benzene rings is 1. The number of alkyl halides is 3. The predicted molar refractivity (Wildman–Crippen MR) is 111 cm³/mol. The van der Waals surface area contributed by atoms with Crippen molar-refractivity contribution in [2.75, 3.05) is 13.6 Å². The summed E-state index contributed by atoms with van der Waals surface area (Å²) in [5, 5.41) is 0. The topological polar surface area (TPSA) is 55.3 Å².